The number of likely N-dealkylation sites (tertiary alicyclic amines) is 1. The van der Waals surface area contributed by atoms with E-state index in [4.69, 9.17) is 4.42 Å². The summed E-state index contributed by atoms with van der Waals surface area (Å²) in [5.41, 5.74) is 1.72. The minimum Gasteiger partial charge on any atom is -0.459 e. The van der Waals surface area contributed by atoms with Crippen LogP contribution < -0.4 is 10.6 Å². The first-order valence-electron chi connectivity index (χ1n) is 11.1. The van der Waals surface area contributed by atoms with Crippen LogP contribution in [0.2, 0.25) is 0 Å². The normalized spacial score (nSPS) is 17.5. The Hall–Kier alpha value is -3.09. The van der Waals surface area contributed by atoms with Crippen LogP contribution in [0.5, 0.6) is 0 Å². The number of piperidine rings is 1. The van der Waals surface area contributed by atoms with Crippen LogP contribution in [0, 0.1) is 11.8 Å². The number of anilines is 1. The molecule has 2 fully saturated rings. The Morgan fingerprint density at radius 3 is 2.39 bits per heavy atom. The van der Waals surface area contributed by atoms with E-state index < -0.39 is 0 Å². The summed E-state index contributed by atoms with van der Waals surface area (Å²) in [4.78, 5) is 39.0. The summed E-state index contributed by atoms with van der Waals surface area (Å²) >= 11 is 0. The molecule has 1 aliphatic carbocycles. The summed E-state index contributed by atoms with van der Waals surface area (Å²) in [6.07, 6.45) is 6.94. The SMILES string of the molecule is O=C(NCc1cccc(NC(=O)C2CCCC2)c1)C1CCN(C(=O)c2ccco2)CC1. The average Bonchev–Trinajstić information content (AvgIpc) is 3.52. The van der Waals surface area contributed by atoms with Crippen LogP contribution in [0.1, 0.15) is 54.6 Å². The second-order valence-electron chi connectivity index (χ2n) is 8.43. The fraction of sp³-hybridized carbons (Fsp3) is 0.458. The lowest BCUT2D eigenvalue weighted by atomic mass is 9.95. The van der Waals surface area contributed by atoms with Crippen LogP contribution in [-0.2, 0) is 16.1 Å². The van der Waals surface area contributed by atoms with Gasteiger partial charge in [-0.2, -0.15) is 0 Å². The molecule has 0 spiro atoms. The van der Waals surface area contributed by atoms with Crippen molar-refractivity contribution in [3.63, 3.8) is 0 Å². The molecule has 3 amide bonds. The lowest BCUT2D eigenvalue weighted by Crippen LogP contribution is -2.42. The standard InChI is InChI=1S/C24H29N3O4/c28-22(19-10-12-27(13-11-19)24(30)21-9-4-14-31-21)25-16-17-5-3-8-20(15-17)26-23(29)18-6-1-2-7-18/h3-5,8-9,14-15,18-19H,1-2,6-7,10-13,16H2,(H,25,28)(H,26,29). The van der Waals surface area contributed by atoms with Crippen LogP contribution in [0.15, 0.2) is 47.1 Å². The summed E-state index contributed by atoms with van der Waals surface area (Å²) < 4.78 is 5.18. The fourth-order valence-electron chi connectivity index (χ4n) is 4.43. The molecule has 0 radical (unpaired) electrons. The molecule has 1 aromatic heterocycles. The monoisotopic (exact) mass is 423 g/mol. The number of nitrogens with one attached hydrogen (secondary N) is 2. The van der Waals surface area contributed by atoms with Crippen LogP contribution in [0.3, 0.4) is 0 Å². The van der Waals surface area contributed by atoms with E-state index >= 15 is 0 Å². The van der Waals surface area contributed by atoms with Crippen molar-refractivity contribution in [3.05, 3.63) is 54.0 Å². The van der Waals surface area contributed by atoms with Gasteiger partial charge in [-0.3, -0.25) is 14.4 Å². The Labute approximate surface area is 182 Å². The van der Waals surface area contributed by atoms with Gasteiger partial charge in [0, 0.05) is 37.2 Å². The number of benzene rings is 1. The van der Waals surface area contributed by atoms with Gasteiger partial charge in [0.1, 0.15) is 0 Å². The number of furan rings is 1. The number of hydrogen-bond acceptors (Lipinski definition) is 4. The third kappa shape index (κ3) is 5.34. The molecule has 1 saturated carbocycles. The molecule has 164 valence electrons. The molecule has 0 bridgehead atoms. The molecule has 0 unspecified atom stereocenters. The highest BCUT2D eigenvalue weighted by atomic mass is 16.3. The maximum atomic E-state index is 12.6. The van der Waals surface area contributed by atoms with Crippen molar-refractivity contribution in [2.75, 3.05) is 18.4 Å². The second kappa shape index (κ2) is 9.81. The van der Waals surface area contributed by atoms with Gasteiger partial charge in [-0.15, -0.1) is 0 Å². The van der Waals surface area contributed by atoms with Crippen LogP contribution in [0.25, 0.3) is 0 Å². The predicted molar refractivity (Wildman–Crippen MR) is 116 cm³/mol. The number of hydrogen-bond donors (Lipinski definition) is 2. The maximum Gasteiger partial charge on any atom is 0.289 e. The topological polar surface area (TPSA) is 91.7 Å². The molecule has 2 aromatic rings. The van der Waals surface area contributed by atoms with Crippen molar-refractivity contribution in [1.82, 2.24) is 10.2 Å². The smallest absolute Gasteiger partial charge is 0.289 e. The second-order valence-corrected chi connectivity index (χ2v) is 8.43. The Bertz CT molecular complexity index is 911. The first kappa shape index (κ1) is 21.2. The number of rotatable bonds is 6. The van der Waals surface area contributed by atoms with Gasteiger partial charge in [0.25, 0.3) is 5.91 Å². The van der Waals surface area contributed by atoms with Gasteiger partial charge >= 0.3 is 0 Å². The Kier molecular flexibility index (Phi) is 6.70. The van der Waals surface area contributed by atoms with E-state index in [2.05, 4.69) is 10.6 Å². The van der Waals surface area contributed by atoms with Crippen molar-refractivity contribution in [1.29, 1.82) is 0 Å². The summed E-state index contributed by atoms with van der Waals surface area (Å²) in [5.74, 6) is 0.322. The first-order valence-corrected chi connectivity index (χ1v) is 11.1. The van der Waals surface area contributed by atoms with Crippen molar-refractivity contribution >= 4 is 23.4 Å². The van der Waals surface area contributed by atoms with E-state index in [1.54, 1.807) is 17.0 Å². The molecule has 1 saturated heterocycles. The van der Waals surface area contributed by atoms with E-state index in [0.717, 1.165) is 36.9 Å². The summed E-state index contributed by atoms with van der Waals surface area (Å²) in [6.45, 7) is 1.50. The quantitative estimate of drug-likeness (QED) is 0.743. The van der Waals surface area contributed by atoms with Gasteiger partial charge < -0.3 is 20.0 Å². The molecular formula is C24H29N3O4. The molecule has 7 nitrogen and oxygen atoms in total. The van der Waals surface area contributed by atoms with E-state index in [-0.39, 0.29) is 29.6 Å². The van der Waals surface area contributed by atoms with E-state index in [9.17, 15) is 14.4 Å². The summed E-state index contributed by atoms with van der Waals surface area (Å²) in [7, 11) is 0. The predicted octanol–water partition coefficient (Wildman–Crippen LogP) is 3.58. The molecule has 1 aromatic carbocycles. The maximum absolute atomic E-state index is 12.6. The van der Waals surface area contributed by atoms with Gasteiger partial charge in [0.15, 0.2) is 5.76 Å². The van der Waals surface area contributed by atoms with Gasteiger partial charge in [0.2, 0.25) is 11.8 Å². The molecule has 1 aliphatic heterocycles. The summed E-state index contributed by atoms with van der Waals surface area (Å²) in [5, 5.41) is 6.01. The van der Waals surface area contributed by atoms with Gasteiger partial charge in [-0.05, 0) is 55.5 Å². The van der Waals surface area contributed by atoms with E-state index in [0.29, 0.717) is 38.2 Å². The first-order chi connectivity index (χ1) is 15.1. The molecular weight excluding hydrogens is 394 g/mol. The lowest BCUT2D eigenvalue weighted by Gasteiger charge is -2.30. The highest BCUT2D eigenvalue weighted by Crippen LogP contribution is 2.26. The van der Waals surface area contributed by atoms with Gasteiger partial charge in [0.05, 0.1) is 6.26 Å². The van der Waals surface area contributed by atoms with Gasteiger partial charge in [-0.1, -0.05) is 25.0 Å². The molecule has 0 atom stereocenters. The lowest BCUT2D eigenvalue weighted by molar-refractivity contribution is -0.126. The average molecular weight is 424 g/mol. The zero-order chi connectivity index (χ0) is 21.6. The van der Waals surface area contributed by atoms with Crippen molar-refractivity contribution in [2.24, 2.45) is 11.8 Å². The molecule has 2 heterocycles. The number of carbonyl (C=O) groups excluding carboxylic acids is 3. The highest BCUT2D eigenvalue weighted by molar-refractivity contribution is 5.93. The largest absolute Gasteiger partial charge is 0.459 e. The Balaban J connectivity index is 1.23. The van der Waals surface area contributed by atoms with Crippen molar-refractivity contribution < 1.29 is 18.8 Å². The van der Waals surface area contributed by atoms with Crippen molar-refractivity contribution in [2.45, 2.75) is 45.1 Å². The number of carbonyl (C=O) groups is 3. The Morgan fingerprint density at radius 2 is 1.68 bits per heavy atom. The minimum atomic E-state index is -0.125. The molecule has 4 rings (SSSR count). The highest BCUT2D eigenvalue weighted by Gasteiger charge is 2.28. The Morgan fingerprint density at radius 1 is 0.935 bits per heavy atom. The zero-order valence-electron chi connectivity index (χ0n) is 17.6. The fourth-order valence-corrected chi connectivity index (χ4v) is 4.43. The van der Waals surface area contributed by atoms with Crippen LogP contribution in [-0.4, -0.2) is 35.7 Å². The number of nitrogens with zero attached hydrogens (tertiary/aromatic N) is 1. The van der Waals surface area contributed by atoms with Crippen LogP contribution >= 0.6 is 0 Å². The van der Waals surface area contributed by atoms with Crippen LogP contribution in [0.4, 0.5) is 5.69 Å². The van der Waals surface area contributed by atoms with E-state index in [1.807, 2.05) is 24.3 Å². The van der Waals surface area contributed by atoms with Crippen molar-refractivity contribution in [3.8, 4) is 0 Å². The third-order valence-electron chi connectivity index (χ3n) is 6.27. The molecule has 31 heavy (non-hydrogen) atoms. The zero-order valence-corrected chi connectivity index (χ0v) is 17.6. The summed E-state index contributed by atoms with van der Waals surface area (Å²) in [6, 6.07) is 11.0. The van der Waals surface area contributed by atoms with Gasteiger partial charge in [-0.25, -0.2) is 0 Å². The number of amides is 3. The minimum absolute atomic E-state index is 0.00509. The van der Waals surface area contributed by atoms with E-state index in [1.165, 1.54) is 6.26 Å². The molecule has 7 heteroatoms. The molecule has 2 aliphatic rings. The molecule has 2 N–H and O–H groups in total. The third-order valence-corrected chi connectivity index (χ3v) is 6.27.